The number of rotatable bonds is 1. The third kappa shape index (κ3) is 2.70. The van der Waals surface area contributed by atoms with Gasteiger partial charge in [-0.05, 0) is 40.8 Å². The summed E-state index contributed by atoms with van der Waals surface area (Å²) in [6.07, 6.45) is 0. The van der Waals surface area contributed by atoms with E-state index in [9.17, 15) is 4.79 Å². The smallest absolute Gasteiger partial charge is 0.169 e. The van der Waals surface area contributed by atoms with E-state index < -0.39 is 0 Å². The fourth-order valence-electron chi connectivity index (χ4n) is 1.08. The second-order valence-electron chi connectivity index (χ2n) is 4.20. The Morgan fingerprint density at radius 3 is 2.43 bits per heavy atom. The molecule has 76 valence electrons. The molecule has 0 saturated carbocycles. The zero-order valence-electron chi connectivity index (χ0n) is 8.40. The van der Waals surface area contributed by atoms with Crippen LogP contribution in [0.3, 0.4) is 0 Å². The van der Waals surface area contributed by atoms with Crippen LogP contribution in [0.1, 0.15) is 31.1 Å². The molecule has 0 fully saturated rings. The van der Waals surface area contributed by atoms with E-state index in [1.807, 2.05) is 26.8 Å². The largest absolute Gasteiger partial charge is 0.294 e. The summed E-state index contributed by atoms with van der Waals surface area (Å²) in [6.45, 7) is 5.73. The van der Waals surface area contributed by atoms with E-state index in [1.54, 1.807) is 12.1 Å². The Morgan fingerprint density at radius 2 is 1.93 bits per heavy atom. The summed E-state index contributed by atoms with van der Waals surface area (Å²) in [7, 11) is 0. The maximum absolute atomic E-state index is 12.0. The average molecular weight is 323 g/mol. The first-order valence-corrected chi connectivity index (χ1v) is 5.78. The Hall–Kier alpha value is -0.0900. The van der Waals surface area contributed by atoms with E-state index in [1.165, 1.54) is 0 Å². The molecule has 3 heteroatoms. The molecule has 1 aromatic rings. The van der Waals surface area contributed by atoms with Gasteiger partial charge in [-0.25, -0.2) is 0 Å². The Morgan fingerprint density at radius 1 is 1.36 bits per heavy atom. The van der Waals surface area contributed by atoms with Crippen LogP contribution < -0.4 is 0 Å². The summed E-state index contributed by atoms with van der Waals surface area (Å²) in [6, 6.07) is 5.39. The highest BCUT2D eigenvalue weighted by Crippen LogP contribution is 2.26. The van der Waals surface area contributed by atoms with E-state index in [-0.39, 0.29) is 11.2 Å². The highest BCUT2D eigenvalue weighted by Gasteiger charge is 2.24. The molecule has 14 heavy (non-hydrogen) atoms. The van der Waals surface area contributed by atoms with E-state index in [0.29, 0.717) is 10.6 Å². The Kier molecular flexibility index (Phi) is 3.58. The number of carbonyl (C=O) groups excluding carboxylic acids is 1. The van der Waals surface area contributed by atoms with E-state index in [2.05, 4.69) is 22.6 Å². The molecule has 0 aliphatic carbocycles. The number of Topliss-reactive ketones (excluding diaryl/α,β-unsaturated/α-hetero) is 1. The van der Waals surface area contributed by atoms with Crippen LogP contribution in [0.25, 0.3) is 0 Å². The first kappa shape index (κ1) is 12.0. The van der Waals surface area contributed by atoms with Crippen LogP contribution >= 0.6 is 34.2 Å². The predicted molar refractivity (Wildman–Crippen MR) is 68.0 cm³/mol. The van der Waals surface area contributed by atoms with Gasteiger partial charge in [-0.15, -0.1) is 0 Å². The molecule has 0 spiro atoms. The predicted octanol–water partition coefficient (Wildman–Crippen LogP) is 4.17. The van der Waals surface area contributed by atoms with Crippen LogP contribution in [-0.2, 0) is 0 Å². The lowest BCUT2D eigenvalue weighted by atomic mass is 9.87. The van der Waals surface area contributed by atoms with Gasteiger partial charge in [0, 0.05) is 19.6 Å². The zero-order chi connectivity index (χ0) is 10.9. The van der Waals surface area contributed by atoms with Gasteiger partial charge in [-0.3, -0.25) is 4.79 Å². The van der Waals surface area contributed by atoms with Crippen LogP contribution in [0, 0.1) is 8.99 Å². The lowest BCUT2D eigenvalue weighted by Crippen LogP contribution is -2.21. The van der Waals surface area contributed by atoms with E-state index in [0.717, 1.165) is 3.57 Å². The summed E-state index contributed by atoms with van der Waals surface area (Å²) < 4.78 is 0.951. The molecule has 0 N–H and O–H groups in total. The molecule has 0 unspecified atom stereocenters. The Bertz CT molecular complexity index is 366. The van der Waals surface area contributed by atoms with Gasteiger partial charge in [0.2, 0.25) is 0 Å². The van der Waals surface area contributed by atoms with Crippen LogP contribution in [0.5, 0.6) is 0 Å². The minimum absolute atomic E-state index is 0.129. The van der Waals surface area contributed by atoms with Crippen molar-refractivity contribution < 1.29 is 4.79 Å². The molecule has 1 aromatic carbocycles. The molecule has 0 atom stereocenters. The third-order valence-electron chi connectivity index (χ3n) is 1.85. The molecule has 0 radical (unpaired) electrons. The molecule has 0 amide bonds. The van der Waals surface area contributed by atoms with Crippen molar-refractivity contribution in [3.63, 3.8) is 0 Å². The van der Waals surface area contributed by atoms with Crippen LogP contribution in [-0.4, -0.2) is 5.78 Å². The van der Waals surface area contributed by atoms with Crippen molar-refractivity contribution >= 4 is 40.0 Å². The van der Waals surface area contributed by atoms with Crippen LogP contribution in [0.2, 0.25) is 5.02 Å². The number of benzene rings is 1. The standard InChI is InChI=1S/C11H12ClIO/c1-11(2,3)10(14)8-6-7(12)4-5-9(8)13/h4-6H,1-3H3. The zero-order valence-corrected chi connectivity index (χ0v) is 11.3. The summed E-state index contributed by atoms with van der Waals surface area (Å²) in [5.74, 6) is 0.129. The molecular formula is C11H12ClIO. The van der Waals surface area contributed by atoms with Gasteiger partial charge in [0.15, 0.2) is 5.78 Å². The highest BCUT2D eigenvalue weighted by molar-refractivity contribution is 14.1. The van der Waals surface area contributed by atoms with Gasteiger partial charge in [0.05, 0.1) is 0 Å². The second-order valence-corrected chi connectivity index (χ2v) is 5.80. The van der Waals surface area contributed by atoms with Crippen LogP contribution in [0.15, 0.2) is 18.2 Å². The molecule has 0 aromatic heterocycles. The summed E-state index contributed by atoms with van der Waals surface area (Å²) in [4.78, 5) is 12.0. The number of hydrogen-bond donors (Lipinski definition) is 0. The van der Waals surface area contributed by atoms with Crippen molar-refractivity contribution in [2.24, 2.45) is 5.41 Å². The number of carbonyl (C=O) groups is 1. The van der Waals surface area contributed by atoms with Gasteiger partial charge < -0.3 is 0 Å². The molecule has 0 heterocycles. The van der Waals surface area contributed by atoms with Crippen molar-refractivity contribution in [2.45, 2.75) is 20.8 Å². The third-order valence-corrected chi connectivity index (χ3v) is 3.03. The monoisotopic (exact) mass is 322 g/mol. The summed E-state index contributed by atoms with van der Waals surface area (Å²) in [5.41, 5.74) is 0.357. The molecule has 0 bridgehead atoms. The van der Waals surface area contributed by atoms with Crippen molar-refractivity contribution in [3.05, 3.63) is 32.4 Å². The van der Waals surface area contributed by atoms with Gasteiger partial charge in [0.25, 0.3) is 0 Å². The quantitative estimate of drug-likeness (QED) is 0.560. The Balaban J connectivity index is 3.19. The fraction of sp³-hybridized carbons (Fsp3) is 0.364. The minimum Gasteiger partial charge on any atom is -0.294 e. The fourth-order valence-corrected chi connectivity index (χ4v) is 1.83. The first-order valence-electron chi connectivity index (χ1n) is 4.32. The number of ketones is 1. The molecular weight excluding hydrogens is 310 g/mol. The number of hydrogen-bond acceptors (Lipinski definition) is 1. The van der Waals surface area contributed by atoms with E-state index >= 15 is 0 Å². The van der Waals surface area contributed by atoms with E-state index in [4.69, 9.17) is 11.6 Å². The normalized spacial score (nSPS) is 11.5. The second kappa shape index (κ2) is 4.19. The van der Waals surface area contributed by atoms with Crippen molar-refractivity contribution in [2.75, 3.05) is 0 Å². The topological polar surface area (TPSA) is 17.1 Å². The van der Waals surface area contributed by atoms with Gasteiger partial charge >= 0.3 is 0 Å². The average Bonchev–Trinajstić information content (AvgIpc) is 2.06. The lowest BCUT2D eigenvalue weighted by Gasteiger charge is -2.17. The maximum Gasteiger partial charge on any atom is 0.169 e. The SMILES string of the molecule is CC(C)(C)C(=O)c1cc(Cl)ccc1I. The van der Waals surface area contributed by atoms with Gasteiger partial charge in [0.1, 0.15) is 0 Å². The summed E-state index contributed by atoms with van der Waals surface area (Å²) in [5, 5.41) is 0.609. The highest BCUT2D eigenvalue weighted by atomic mass is 127. The molecule has 1 rings (SSSR count). The molecule has 0 saturated heterocycles. The Labute approximate surface area is 103 Å². The van der Waals surface area contributed by atoms with Gasteiger partial charge in [-0.2, -0.15) is 0 Å². The first-order chi connectivity index (χ1) is 6.32. The number of halogens is 2. The van der Waals surface area contributed by atoms with Gasteiger partial charge in [-0.1, -0.05) is 32.4 Å². The van der Waals surface area contributed by atoms with Crippen molar-refractivity contribution in [1.82, 2.24) is 0 Å². The lowest BCUT2D eigenvalue weighted by molar-refractivity contribution is 0.0857. The summed E-state index contributed by atoms with van der Waals surface area (Å²) >= 11 is 8.01. The van der Waals surface area contributed by atoms with Crippen LogP contribution in [0.4, 0.5) is 0 Å². The van der Waals surface area contributed by atoms with Crippen molar-refractivity contribution in [3.8, 4) is 0 Å². The maximum atomic E-state index is 12.0. The molecule has 1 nitrogen and oxygen atoms in total. The molecule has 0 aliphatic rings. The van der Waals surface area contributed by atoms with Crippen molar-refractivity contribution in [1.29, 1.82) is 0 Å². The minimum atomic E-state index is -0.357. The molecule has 0 aliphatic heterocycles.